The molecule has 2 rings (SSSR count). The van der Waals surface area contributed by atoms with Gasteiger partial charge in [-0.3, -0.25) is 4.79 Å². The molecule has 0 atom stereocenters. The van der Waals surface area contributed by atoms with Crippen LogP contribution in [0.2, 0.25) is 0 Å². The van der Waals surface area contributed by atoms with E-state index < -0.39 is 17.7 Å². The first-order valence-electron chi connectivity index (χ1n) is 5.34. The molecule has 1 aliphatic rings. The maximum Gasteiger partial charge on any atom is 0.257 e. The Kier molecular flexibility index (Phi) is 3.17. The van der Waals surface area contributed by atoms with E-state index in [1.165, 1.54) is 11.0 Å². The highest BCUT2D eigenvalue weighted by Crippen LogP contribution is 2.16. The quantitative estimate of drug-likeness (QED) is 0.555. The summed E-state index contributed by atoms with van der Waals surface area (Å²) in [5, 5.41) is 0. The van der Waals surface area contributed by atoms with Crippen LogP contribution in [0, 0.1) is 11.8 Å². The predicted molar refractivity (Wildman–Crippen MR) is 58.4 cm³/mol. The third-order valence-corrected chi connectivity index (χ3v) is 2.70. The van der Waals surface area contributed by atoms with Crippen LogP contribution in [0.4, 0.5) is 8.78 Å². The summed E-state index contributed by atoms with van der Waals surface area (Å²) in [6, 6.07) is 1.20. The standard InChI is InChI=1S/C12H12F2N2O/c1-8-3-2-6-16(7-8)12(17)9-4-5-15-11(14)10(9)13/h3-5H,2,6-7H2,1H3. The number of pyridine rings is 1. The van der Waals surface area contributed by atoms with E-state index in [-0.39, 0.29) is 5.56 Å². The average molecular weight is 238 g/mol. The number of rotatable bonds is 1. The minimum atomic E-state index is -1.24. The number of amides is 1. The molecule has 0 saturated heterocycles. The molecule has 0 N–H and O–H groups in total. The summed E-state index contributed by atoms with van der Waals surface area (Å²) in [5.74, 6) is -2.90. The van der Waals surface area contributed by atoms with Gasteiger partial charge in [0, 0.05) is 19.3 Å². The van der Waals surface area contributed by atoms with E-state index in [2.05, 4.69) is 4.98 Å². The molecule has 1 aliphatic heterocycles. The highest BCUT2D eigenvalue weighted by Gasteiger charge is 2.22. The molecule has 3 nitrogen and oxygen atoms in total. The van der Waals surface area contributed by atoms with E-state index >= 15 is 0 Å². The van der Waals surface area contributed by atoms with Crippen LogP contribution in [0.25, 0.3) is 0 Å². The maximum atomic E-state index is 13.4. The van der Waals surface area contributed by atoms with E-state index in [0.717, 1.165) is 18.2 Å². The summed E-state index contributed by atoms with van der Waals surface area (Å²) < 4.78 is 26.3. The van der Waals surface area contributed by atoms with E-state index in [0.29, 0.717) is 13.1 Å². The first kappa shape index (κ1) is 11.7. The molecule has 0 unspecified atom stereocenters. The van der Waals surface area contributed by atoms with Gasteiger partial charge in [0.25, 0.3) is 5.91 Å². The minimum absolute atomic E-state index is 0.257. The van der Waals surface area contributed by atoms with Gasteiger partial charge in [0.2, 0.25) is 5.95 Å². The molecule has 1 aromatic rings. The minimum Gasteiger partial charge on any atom is -0.334 e. The molecule has 0 aliphatic carbocycles. The van der Waals surface area contributed by atoms with Gasteiger partial charge in [-0.15, -0.1) is 0 Å². The number of nitrogens with zero attached hydrogens (tertiary/aromatic N) is 2. The Bertz CT molecular complexity index is 485. The maximum absolute atomic E-state index is 13.4. The molecular weight excluding hydrogens is 226 g/mol. The number of hydrogen-bond acceptors (Lipinski definition) is 2. The van der Waals surface area contributed by atoms with Gasteiger partial charge in [-0.2, -0.15) is 4.39 Å². The molecule has 0 saturated carbocycles. The summed E-state index contributed by atoms with van der Waals surface area (Å²) in [5.41, 5.74) is 0.798. The van der Waals surface area contributed by atoms with Crippen LogP contribution < -0.4 is 0 Å². The summed E-state index contributed by atoms with van der Waals surface area (Å²) in [6.45, 7) is 2.89. The molecule has 0 bridgehead atoms. The molecule has 0 aromatic carbocycles. The highest BCUT2D eigenvalue weighted by atomic mass is 19.2. The zero-order valence-electron chi connectivity index (χ0n) is 9.41. The summed E-state index contributed by atoms with van der Waals surface area (Å²) in [7, 11) is 0. The second kappa shape index (κ2) is 4.61. The Morgan fingerprint density at radius 3 is 2.94 bits per heavy atom. The third-order valence-electron chi connectivity index (χ3n) is 2.70. The van der Waals surface area contributed by atoms with E-state index in [9.17, 15) is 13.6 Å². The van der Waals surface area contributed by atoms with E-state index in [1.54, 1.807) is 0 Å². The van der Waals surface area contributed by atoms with Gasteiger partial charge in [0.15, 0.2) is 5.82 Å². The molecule has 2 heterocycles. The fraction of sp³-hybridized carbons (Fsp3) is 0.333. The SMILES string of the molecule is CC1=CCCN(C(=O)c2ccnc(F)c2F)C1. The van der Waals surface area contributed by atoms with Crippen molar-refractivity contribution in [3.63, 3.8) is 0 Å². The fourth-order valence-corrected chi connectivity index (χ4v) is 1.84. The topological polar surface area (TPSA) is 33.2 Å². The van der Waals surface area contributed by atoms with Crippen molar-refractivity contribution in [2.24, 2.45) is 0 Å². The lowest BCUT2D eigenvalue weighted by Gasteiger charge is -2.26. The molecule has 0 fully saturated rings. The molecule has 0 radical (unpaired) electrons. The summed E-state index contributed by atoms with van der Waals surface area (Å²) >= 11 is 0. The van der Waals surface area contributed by atoms with Crippen molar-refractivity contribution in [2.75, 3.05) is 13.1 Å². The van der Waals surface area contributed by atoms with Crippen LogP contribution >= 0.6 is 0 Å². The number of halogens is 2. The fourth-order valence-electron chi connectivity index (χ4n) is 1.84. The Morgan fingerprint density at radius 2 is 2.24 bits per heavy atom. The number of hydrogen-bond donors (Lipinski definition) is 0. The highest BCUT2D eigenvalue weighted by molar-refractivity contribution is 5.94. The molecule has 17 heavy (non-hydrogen) atoms. The molecule has 1 amide bonds. The number of aromatic nitrogens is 1. The first-order valence-corrected chi connectivity index (χ1v) is 5.34. The van der Waals surface area contributed by atoms with Crippen LogP contribution in [-0.2, 0) is 0 Å². The Morgan fingerprint density at radius 1 is 1.47 bits per heavy atom. The molecule has 90 valence electrons. The van der Waals surface area contributed by atoms with Crippen molar-refractivity contribution < 1.29 is 13.6 Å². The zero-order valence-corrected chi connectivity index (χ0v) is 9.41. The number of carbonyl (C=O) groups is 1. The monoisotopic (exact) mass is 238 g/mol. The summed E-state index contributed by atoms with van der Waals surface area (Å²) in [6.07, 6.45) is 3.87. The lowest BCUT2D eigenvalue weighted by atomic mass is 10.1. The first-order chi connectivity index (χ1) is 8.09. The van der Waals surface area contributed by atoms with E-state index in [1.807, 2.05) is 13.0 Å². The normalized spacial score (nSPS) is 15.7. The average Bonchev–Trinajstić information content (AvgIpc) is 2.32. The molecule has 1 aromatic heterocycles. The van der Waals surface area contributed by atoms with Crippen molar-refractivity contribution in [3.8, 4) is 0 Å². The van der Waals surface area contributed by atoms with Crippen molar-refractivity contribution in [2.45, 2.75) is 13.3 Å². The number of carbonyl (C=O) groups excluding carboxylic acids is 1. The van der Waals surface area contributed by atoms with Crippen molar-refractivity contribution in [1.29, 1.82) is 0 Å². The largest absolute Gasteiger partial charge is 0.334 e. The smallest absolute Gasteiger partial charge is 0.257 e. The van der Waals surface area contributed by atoms with Gasteiger partial charge >= 0.3 is 0 Å². The Hall–Kier alpha value is -1.78. The van der Waals surface area contributed by atoms with Gasteiger partial charge in [0.05, 0.1) is 5.56 Å². The Balaban J connectivity index is 2.26. The van der Waals surface area contributed by atoms with Crippen LogP contribution in [-0.4, -0.2) is 28.9 Å². The predicted octanol–water partition coefficient (Wildman–Crippen LogP) is 2.15. The third kappa shape index (κ3) is 2.33. The van der Waals surface area contributed by atoms with Crippen LogP contribution in [0.3, 0.4) is 0 Å². The molecule has 5 heteroatoms. The van der Waals surface area contributed by atoms with Crippen molar-refractivity contribution >= 4 is 5.91 Å². The van der Waals surface area contributed by atoms with Gasteiger partial charge in [0.1, 0.15) is 0 Å². The second-order valence-corrected chi connectivity index (χ2v) is 4.03. The van der Waals surface area contributed by atoms with Gasteiger partial charge in [-0.1, -0.05) is 11.6 Å². The van der Waals surface area contributed by atoms with Gasteiger partial charge in [-0.05, 0) is 19.4 Å². The molecular formula is C12H12F2N2O. The van der Waals surface area contributed by atoms with Crippen LogP contribution in [0.1, 0.15) is 23.7 Å². The lowest BCUT2D eigenvalue weighted by molar-refractivity contribution is 0.0759. The molecule has 0 spiro atoms. The van der Waals surface area contributed by atoms with Crippen molar-refractivity contribution in [3.05, 3.63) is 41.2 Å². The second-order valence-electron chi connectivity index (χ2n) is 4.03. The van der Waals surface area contributed by atoms with Gasteiger partial charge < -0.3 is 4.90 Å². The van der Waals surface area contributed by atoms with Crippen molar-refractivity contribution in [1.82, 2.24) is 9.88 Å². The lowest BCUT2D eigenvalue weighted by Crippen LogP contribution is -2.36. The zero-order chi connectivity index (χ0) is 12.4. The van der Waals surface area contributed by atoms with E-state index in [4.69, 9.17) is 0 Å². The summed E-state index contributed by atoms with van der Waals surface area (Å²) in [4.78, 5) is 16.6. The van der Waals surface area contributed by atoms with Crippen LogP contribution in [0.5, 0.6) is 0 Å². The van der Waals surface area contributed by atoms with Gasteiger partial charge in [-0.25, -0.2) is 9.37 Å². The Labute approximate surface area is 97.8 Å². The van der Waals surface area contributed by atoms with Crippen LogP contribution in [0.15, 0.2) is 23.9 Å².